The molecule has 0 aliphatic heterocycles. The zero-order valence-electron chi connectivity index (χ0n) is 15.7. The van der Waals surface area contributed by atoms with Crippen molar-refractivity contribution in [3.8, 4) is 11.5 Å². The van der Waals surface area contributed by atoms with Crippen molar-refractivity contribution in [2.24, 2.45) is 0 Å². The highest BCUT2D eigenvalue weighted by atomic mass is 35.5. The molecule has 0 unspecified atom stereocenters. The molecule has 4 nitrogen and oxygen atoms in total. The molecular weight excluding hydrogens is 354 g/mol. The Kier molecular flexibility index (Phi) is 7.27. The molecule has 0 heterocycles. The number of amides is 1. The molecule has 1 aromatic rings. The minimum absolute atomic E-state index is 0.132. The molecule has 1 atom stereocenters. The minimum atomic E-state index is -1.77. The summed E-state index contributed by atoms with van der Waals surface area (Å²) in [6.45, 7) is 10.9. The number of hydrogen-bond acceptors (Lipinski definition) is 3. The summed E-state index contributed by atoms with van der Waals surface area (Å²) < 4.78 is 4.79. The Bertz CT molecular complexity index is 681. The van der Waals surface area contributed by atoms with E-state index in [1.807, 2.05) is 0 Å². The number of carbonyl (C=O) groups excluding carboxylic acids is 2. The molecular formula is C19H26ClNO3Si. The number of hydrogen-bond donors (Lipinski definition) is 1. The molecule has 0 radical (unpaired) electrons. The van der Waals surface area contributed by atoms with Crippen molar-refractivity contribution in [2.75, 3.05) is 7.11 Å². The van der Waals surface area contributed by atoms with Gasteiger partial charge >= 0.3 is 5.97 Å². The van der Waals surface area contributed by atoms with Crippen molar-refractivity contribution < 1.29 is 14.3 Å². The third kappa shape index (κ3) is 6.22. The largest absolute Gasteiger partial charge is 0.467 e. The van der Waals surface area contributed by atoms with Crippen molar-refractivity contribution in [1.29, 1.82) is 0 Å². The van der Waals surface area contributed by atoms with Crippen molar-refractivity contribution in [3.63, 3.8) is 0 Å². The fourth-order valence-electron chi connectivity index (χ4n) is 1.74. The zero-order chi connectivity index (χ0) is 19.3. The van der Waals surface area contributed by atoms with Gasteiger partial charge in [0, 0.05) is 17.0 Å². The van der Waals surface area contributed by atoms with E-state index in [0.29, 0.717) is 10.6 Å². The van der Waals surface area contributed by atoms with E-state index in [4.69, 9.17) is 16.3 Å². The van der Waals surface area contributed by atoms with Crippen LogP contribution >= 0.6 is 11.6 Å². The molecule has 0 aliphatic carbocycles. The van der Waals surface area contributed by atoms with Crippen LogP contribution in [0.3, 0.4) is 0 Å². The molecule has 6 heteroatoms. The highest BCUT2D eigenvalue weighted by Crippen LogP contribution is 2.35. The standard InChI is InChI=1S/C19H26ClNO3Si/c1-19(2,3)25(5,6)13-7-8-16(18(23)24-4)21-17(22)14-9-11-15(20)12-10-14/h9-12,16H,8H2,1-6H3,(H,21,22)/t16-/m0/s1. The lowest BCUT2D eigenvalue weighted by atomic mass is 10.1. The van der Waals surface area contributed by atoms with E-state index in [2.05, 4.69) is 50.6 Å². The quantitative estimate of drug-likeness (QED) is 0.487. The van der Waals surface area contributed by atoms with Gasteiger partial charge in [-0.2, -0.15) is 0 Å². The summed E-state index contributed by atoms with van der Waals surface area (Å²) in [5.41, 5.74) is 3.77. The molecule has 1 aromatic carbocycles. The van der Waals surface area contributed by atoms with Gasteiger partial charge in [0.15, 0.2) is 0 Å². The van der Waals surface area contributed by atoms with Gasteiger partial charge in [0.1, 0.15) is 14.1 Å². The molecule has 136 valence electrons. The molecule has 0 aromatic heterocycles. The zero-order valence-corrected chi connectivity index (χ0v) is 17.5. The van der Waals surface area contributed by atoms with Gasteiger partial charge < -0.3 is 10.1 Å². The topological polar surface area (TPSA) is 55.4 Å². The molecule has 0 saturated carbocycles. The van der Waals surface area contributed by atoms with Crippen molar-refractivity contribution in [1.82, 2.24) is 5.32 Å². The van der Waals surface area contributed by atoms with E-state index in [-0.39, 0.29) is 17.4 Å². The minimum Gasteiger partial charge on any atom is -0.467 e. The number of halogens is 1. The van der Waals surface area contributed by atoms with Gasteiger partial charge in [-0.1, -0.05) is 45.5 Å². The number of ether oxygens (including phenoxy) is 1. The van der Waals surface area contributed by atoms with Crippen LogP contribution in [-0.4, -0.2) is 33.1 Å². The van der Waals surface area contributed by atoms with E-state index in [1.165, 1.54) is 7.11 Å². The monoisotopic (exact) mass is 379 g/mol. The summed E-state index contributed by atoms with van der Waals surface area (Å²) in [5.74, 6) is 2.22. The van der Waals surface area contributed by atoms with Crippen LogP contribution in [0.15, 0.2) is 24.3 Å². The van der Waals surface area contributed by atoms with E-state index >= 15 is 0 Å². The summed E-state index contributed by atoms with van der Waals surface area (Å²) >= 11 is 5.82. The third-order valence-corrected chi connectivity index (χ3v) is 9.28. The fourth-order valence-corrected chi connectivity index (χ4v) is 2.78. The Morgan fingerprint density at radius 3 is 2.28 bits per heavy atom. The van der Waals surface area contributed by atoms with Gasteiger partial charge in [-0.3, -0.25) is 4.79 Å². The number of esters is 1. The Labute approximate surface area is 156 Å². The molecule has 0 aliphatic rings. The Hall–Kier alpha value is -1.77. The van der Waals surface area contributed by atoms with Gasteiger partial charge in [-0.25, -0.2) is 4.79 Å². The first-order valence-electron chi connectivity index (χ1n) is 8.12. The molecule has 0 saturated heterocycles. The number of rotatable bonds is 4. The van der Waals surface area contributed by atoms with Crippen LogP contribution in [0.2, 0.25) is 23.2 Å². The van der Waals surface area contributed by atoms with Gasteiger partial charge in [-0.15, -0.1) is 11.5 Å². The number of carbonyl (C=O) groups is 2. The molecule has 25 heavy (non-hydrogen) atoms. The first kappa shape index (κ1) is 21.3. The second kappa shape index (κ2) is 8.55. The van der Waals surface area contributed by atoms with Crippen LogP contribution in [0.5, 0.6) is 0 Å². The van der Waals surface area contributed by atoms with Crippen LogP contribution in [-0.2, 0) is 9.53 Å². The average molecular weight is 380 g/mol. The second-order valence-corrected chi connectivity index (χ2v) is 12.9. The average Bonchev–Trinajstić information content (AvgIpc) is 2.52. The Morgan fingerprint density at radius 2 is 1.80 bits per heavy atom. The number of methoxy groups -OCH3 is 1. The molecule has 0 bridgehead atoms. The van der Waals surface area contributed by atoms with Crippen molar-refractivity contribution in [3.05, 3.63) is 34.9 Å². The van der Waals surface area contributed by atoms with Crippen LogP contribution in [0.1, 0.15) is 37.6 Å². The van der Waals surface area contributed by atoms with E-state index in [0.717, 1.165) is 0 Å². The molecule has 0 fully saturated rings. The SMILES string of the molecule is COC(=O)[C@H](CC#C[Si](C)(C)C(C)(C)C)NC(=O)c1ccc(Cl)cc1. The predicted molar refractivity (Wildman–Crippen MR) is 104 cm³/mol. The lowest BCUT2D eigenvalue weighted by Crippen LogP contribution is -2.41. The second-order valence-electron chi connectivity index (χ2n) is 7.44. The summed E-state index contributed by atoms with van der Waals surface area (Å²) in [7, 11) is -0.471. The Balaban J connectivity index is 2.88. The first-order valence-corrected chi connectivity index (χ1v) is 11.5. The Morgan fingerprint density at radius 1 is 1.24 bits per heavy atom. The maximum absolute atomic E-state index is 12.3. The summed E-state index contributed by atoms with van der Waals surface area (Å²) in [6.07, 6.45) is 0.221. The highest BCUT2D eigenvalue weighted by molar-refractivity contribution is 6.87. The first-order chi connectivity index (χ1) is 11.5. The summed E-state index contributed by atoms with van der Waals surface area (Å²) in [6, 6.07) is 5.66. The molecule has 1 rings (SSSR count). The maximum Gasteiger partial charge on any atom is 0.329 e. The number of nitrogens with one attached hydrogen (secondary N) is 1. The van der Waals surface area contributed by atoms with Crippen LogP contribution in [0.4, 0.5) is 0 Å². The molecule has 0 spiro atoms. The predicted octanol–water partition coefficient (Wildman–Crippen LogP) is 4.05. The lowest BCUT2D eigenvalue weighted by molar-refractivity contribution is -0.142. The summed E-state index contributed by atoms with van der Waals surface area (Å²) in [4.78, 5) is 24.3. The smallest absolute Gasteiger partial charge is 0.329 e. The molecule has 1 N–H and O–H groups in total. The number of benzene rings is 1. The fraction of sp³-hybridized carbons (Fsp3) is 0.474. The molecule has 1 amide bonds. The van der Waals surface area contributed by atoms with Gasteiger partial charge in [0.2, 0.25) is 0 Å². The van der Waals surface area contributed by atoms with Gasteiger partial charge in [0.05, 0.1) is 7.11 Å². The summed E-state index contributed by atoms with van der Waals surface area (Å²) in [5, 5.41) is 3.36. The van der Waals surface area contributed by atoms with Crippen LogP contribution in [0, 0.1) is 11.5 Å². The van der Waals surface area contributed by atoms with Crippen molar-refractivity contribution in [2.45, 2.75) is 51.4 Å². The van der Waals surface area contributed by atoms with Gasteiger partial charge in [0.25, 0.3) is 5.91 Å². The van der Waals surface area contributed by atoms with Crippen LogP contribution < -0.4 is 5.32 Å². The van der Waals surface area contributed by atoms with Gasteiger partial charge in [-0.05, 0) is 29.3 Å². The normalized spacial score (nSPS) is 12.6. The van der Waals surface area contributed by atoms with Crippen molar-refractivity contribution >= 4 is 31.6 Å². The van der Waals surface area contributed by atoms with Crippen LogP contribution in [0.25, 0.3) is 0 Å². The maximum atomic E-state index is 12.3. The highest BCUT2D eigenvalue weighted by Gasteiger charge is 2.33. The van der Waals surface area contributed by atoms with E-state index in [1.54, 1.807) is 24.3 Å². The van der Waals surface area contributed by atoms with E-state index < -0.39 is 20.1 Å². The van der Waals surface area contributed by atoms with E-state index in [9.17, 15) is 9.59 Å². The third-order valence-electron chi connectivity index (χ3n) is 4.48. The lowest BCUT2D eigenvalue weighted by Gasteiger charge is -2.31.